The zero-order valence-electron chi connectivity index (χ0n) is 13.5. The lowest BCUT2D eigenvalue weighted by Crippen LogP contribution is -2.38. The second kappa shape index (κ2) is 9.71. The van der Waals surface area contributed by atoms with Crippen LogP contribution in [0, 0.1) is 0 Å². The first kappa shape index (κ1) is 18.8. The van der Waals surface area contributed by atoms with Crippen molar-refractivity contribution in [1.82, 2.24) is 10.6 Å². The Morgan fingerprint density at radius 1 is 1.41 bits per heavy atom. The Bertz CT molecular complexity index is 495. The predicted molar refractivity (Wildman–Crippen MR) is 106 cm³/mol. The van der Waals surface area contributed by atoms with Crippen LogP contribution in [-0.2, 0) is 0 Å². The molecule has 0 spiro atoms. The highest BCUT2D eigenvalue weighted by atomic mass is 127. The Morgan fingerprint density at radius 2 is 2.14 bits per heavy atom. The third-order valence-electron chi connectivity index (χ3n) is 3.83. The largest absolute Gasteiger partial charge is 0.372 e. The van der Waals surface area contributed by atoms with Gasteiger partial charge in [0.25, 0.3) is 0 Å². The summed E-state index contributed by atoms with van der Waals surface area (Å²) in [5.41, 5.74) is 2.61. The number of rotatable bonds is 5. The molecule has 0 aromatic heterocycles. The molecule has 1 heterocycles. The van der Waals surface area contributed by atoms with Gasteiger partial charge in [-0.05, 0) is 37.5 Å². The van der Waals surface area contributed by atoms with Crippen LogP contribution in [0.15, 0.2) is 41.9 Å². The van der Waals surface area contributed by atoms with Crippen molar-refractivity contribution in [1.29, 1.82) is 0 Å². The zero-order valence-corrected chi connectivity index (χ0v) is 15.8. The smallest absolute Gasteiger partial charge is 0.191 e. The standard InChI is InChI=1S/C17H26N4.HI/c1-4-10-19-17(18-3)20-14(2)15-8-7-9-16(13-15)21-11-5-6-12-21;/h4,7-9,13-14H,1,5-6,10-12H2,2-3H3,(H2,18,19,20);1H. The van der Waals surface area contributed by atoms with Crippen LogP contribution in [0.1, 0.15) is 31.4 Å². The number of hydrogen-bond donors (Lipinski definition) is 2. The van der Waals surface area contributed by atoms with Crippen molar-refractivity contribution in [3.8, 4) is 0 Å². The summed E-state index contributed by atoms with van der Waals surface area (Å²) in [5.74, 6) is 0.800. The van der Waals surface area contributed by atoms with Crippen LogP contribution >= 0.6 is 24.0 Å². The van der Waals surface area contributed by atoms with Crippen LogP contribution < -0.4 is 15.5 Å². The third-order valence-corrected chi connectivity index (χ3v) is 3.83. The van der Waals surface area contributed by atoms with E-state index in [1.54, 1.807) is 7.05 Å². The molecule has 0 amide bonds. The van der Waals surface area contributed by atoms with Gasteiger partial charge in [-0.2, -0.15) is 0 Å². The lowest BCUT2D eigenvalue weighted by molar-refractivity contribution is 0.693. The molecule has 5 heteroatoms. The molecule has 1 fully saturated rings. The topological polar surface area (TPSA) is 39.7 Å². The third kappa shape index (κ3) is 5.19. The fraction of sp³-hybridized carbons (Fsp3) is 0.471. The number of guanidine groups is 1. The Balaban J connectivity index is 0.00000242. The normalized spacial score (nSPS) is 15.9. The summed E-state index contributed by atoms with van der Waals surface area (Å²) in [6.45, 7) is 8.92. The molecule has 2 rings (SSSR count). The second-order valence-corrected chi connectivity index (χ2v) is 5.40. The Morgan fingerprint density at radius 3 is 2.77 bits per heavy atom. The molecule has 1 aromatic rings. The van der Waals surface area contributed by atoms with Gasteiger partial charge in [0.1, 0.15) is 0 Å². The molecule has 1 atom stereocenters. The van der Waals surface area contributed by atoms with Crippen molar-refractivity contribution in [3.63, 3.8) is 0 Å². The molecule has 1 saturated heterocycles. The van der Waals surface area contributed by atoms with E-state index in [1.165, 1.54) is 37.2 Å². The fourth-order valence-corrected chi connectivity index (χ4v) is 2.62. The van der Waals surface area contributed by atoms with Gasteiger partial charge < -0.3 is 15.5 Å². The number of halogens is 1. The summed E-state index contributed by atoms with van der Waals surface area (Å²) < 4.78 is 0. The number of benzene rings is 1. The SMILES string of the molecule is C=CCNC(=NC)NC(C)c1cccc(N2CCCC2)c1.I. The van der Waals surface area contributed by atoms with E-state index in [4.69, 9.17) is 0 Å². The van der Waals surface area contributed by atoms with E-state index < -0.39 is 0 Å². The summed E-state index contributed by atoms with van der Waals surface area (Å²) in [5, 5.41) is 6.61. The summed E-state index contributed by atoms with van der Waals surface area (Å²) >= 11 is 0. The van der Waals surface area contributed by atoms with E-state index in [9.17, 15) is 0 Å². The maximum Gasteiger partial charge on any atom is 0.191 e. The van der Waals surface area contributed by atoms with Crippen molar-refractivity contribution >= 4 is 35.6 Å². The van der Waals surface area contributed by atoms with Gasteiger partial charge in [0, 0.05) is 32.4 Å². The van der Waals surface area contributed by atoms with Crippen LogP contribution in [0.25, 0.3) is 0 Å². The van der Waals surface area contributed by atoms with E-state index >= 15 is 0 Å². The van der Waals surface area contributed by atoms with E-state index in [1.807, 2.05) is 6.08 Å². The summed E-state index contributed by atoms with van der Waals surface area (Å²) in [6.07, 6.45) is 4.43. The molecular weight excluding hydrogens is 387 g/mol. The monoisotopic (exact) mass is 414 g/mol. The second-order valence-electron chi connectivity index (χ2n) is 5.40. The Hall–Kier alpha value is -1.24. The van der Waals surface area contributed by atoms with Crippen molar-refractivity contribution in [2.24, 2.45) is 4.99 Å². The van der Waals surface area contributed by atoms with Crippen molar-refractivity contribution in [2.45, 2.75) is 25.8 Å². The number of hydrogen-bond acceptors (Lipinski definition) is 2. The molecule has 2 N–H and O–H groups in total. The molecule has 1 aliphatic heterocycles. The van der Waals surface area contributed by atoms with Gasteiger partial charge in [-0.1, -0.05) is 18.2 Å². The number of aliphatic imine (C=N–C) groups is 1. The molecule has 4 nitrogen and oxygen atoms in total. The molecule has 0 bridgehead atoms. The summed E-state index contributed by atoms with van der Waals surface area (Å²) in [4.78, 5) is 6.69. The van der Waals surface area contributed by atoms with Crippen LogP contribution in [0.2, 0.25) is 0 Å². The van der Waals surface area contributed by atoms with Crippen molar-refractivity contribution in [2.75, 3.05) is 31.6 Å². The quantitative estimate of drug-likeness (QED) is 0.336. The Kier molecular flexibility index (Phi) is 8.30. The zero-order chi connectivity index (χ0) is 15.1. The van der Waals surface area contributed by atoms with Gasteiger partial charge in [0.15, 0.2) is 5.96 Å². The van der Waals surface area contributed by atoms with E-state index in [0.717, 1.165) is 5.96 Å². The first-order valence-electron chi connectivity index (χ1n) is 7.67. The van der Waals surface area contributed by atoms with Crippen LogP contribution in [-0.4, -0.2) is 32.6 Å². The molecular formula is C17H27IN4. The predicted octanol–water partition coefficient (Wildman–Crippen LogP) is 3.32. The highest BCUT2D eigenvalue weighted by molar-refractivity contribution is 14.0. The number of anilines is 1. The molecule has 1 aromatic carbocycles. The minimum atomic E-state index is 0. The van der Waals surface area contributed by atoms with Gasteiger partial charge in [-0.15, -0.1) is 30.6 Å². The van der Waals surface area contributed by atoms with E-state index in [0.29, 0.717) is 6.54 Å². The molecule has 0 radical (unpaired) electrons. The summed E-state index contributed by atoms with van der Waals surface area (Å²) in [6, 6.07) is 9.00. The van der Waals surface area contributed by atoms with Crippen LogP contribution in [0.5, 0.6) is 0 Å². The average molecular weight is 414 g/mol. The van der Waals surface area contributed by atoms with Gasteiger partial charge in [-0.25, -0.2) is 0 Å². The van der Waals surface area contributed by atoms with Crippen LogP contribution in [0.3, 0.4) is 0 Å². The van der Waals surface area contributed by atoms with Crippen LogP contribution in [0.4, 0.5) is 5.69 Å². The summed E-state index contributed by atoms with van der Waals surface area (Å²) in [7, 11) is 1.78. The molecule has 0 aliphatic carbocycles. The average Bonchev–Trinajstić information content (AvgIpc) is 3.05. The fourth-order valence-electron chi connectivity index (χ4n) is 2.62. The maximum absolute atomic E-state index is 4.23. The molecule has 0 saturated carbocycles. The molecule has 22 heavy (non-hydrogen) atoms. The Labute approximate surface area is 151 Å². The van der Waals surface area contributed by atoms with E-state index in [2.05, 4.69) is 58.3 Å². The molecule has 1 aliphatic rings. The lowest BCUT2D eigenvalue weighted by Gasteiger charge is -2.22. The number of nitrogens with one attached hydrogen (secondary N) is 2. The van der Waals surface area contributed by atoms with Gasteiger partial charge in [0.2, 0.25) is 0 Å². The first-order valence-corrected chi connectivity index (χ1v) is 7.67. The van der Waals surface area contributed by atoms with Gasteiger partial charge >= 0.3 is 0 Å². The highest BCUT2D eigenvalue weighted by Crippen LogP contribution is 2.23. The maximum atomic E-state index is 4.23. The highest BCUT2D eigenvalue weighted by Gasteiger charge is 2.14. The molecule has 122 valence electrons. The van der Waals surface area contributed by atoms with Crippen molar-refractivity contribution < 1.29 is 0 Å². The number of nitrogens with zero attached hydrogens (tertiary/aromatic N) is 2. The minimum absolute atomic E-state index is 0. The molecule has 1 unspecified atom stereocenters. The van der Waals surface area contributed by atoms with Gasteiger partial charge in [0.05, 0.1) is 6.04 Å². The van der Waals surface area contributed by atoms with Crippen molar-refractivity contribution in [3.05, 3.63) is 42.5 Å². The minimum Gasteiger partial charge on any atom is -0.372 e. The first-order chi connectivity index (χ1) is 10.2. The van der Waals surface area contributed by atoms with Gasteiger partial charge in [-0.3, -0.25) is 4.99 Å². The lowest BCUT2D eigenvalue weighted by atomic mass is 10.1. The van der Waals surface area contributed by atoms with E-state index in [-0.39, 0.29) is 30.0 Å².